The molecule has 6 nitrogen and oxygen atoms in total. The predicted octanol–water partition coefficient (Wildman–Crippen LogP) is 0.701. The first-order valence-electron chi connectivity index (χ1n) is 6.00. The van der Waals surface area contributed by atoms with Crippen molar-refractivity contribution >= 4 is 10.0 Å². The quantitative estimate of drug-likeness (QED) is 0.731. The number of aromatic amines is 1. The van der Waals surface area contributed by atoms with Crippen molar-refractivity contribution in [2.24, 2.45) is 0 Å². The zero-order chi connectivity index (χ0) is 15.5. The molecule has 0 unspecified atom stereocenters. The van der Waals surface area contributed by atoms with E-state index < -0.39 is 38.7 Å². The summed E-state index contributed by atoms with van der Waals surface area (Å²) in [5.41, 5.74) is 0.0415. The molecular weight excluding hydrogens is 304 g/mol. The van der Waals surface area contributed by atoms with Gasteiger partial charge in [0.15, 0.2) is 5.82 Å². The molecule has 0 spiro atoms. The van der Waals surface area contributed by atoms with Gasteiger partial charge in [0, 0.05) is 24.9 Å². The van der Waals surface area contributed by atoms with Gasteiger partial charge in [-0.2, -0.15) is 0 Å². The van der Waals surface area contributed by atoms with E-state index in [-0.39, 0.29) is 6.54 Å². The van der Waals surface area contributed by atoms with Crippen LogP contribution >= 0.6 is 0 Å². The number of aliphatic hydroxyl groups excluding tert-OH is 1. The fourth-order valence-corrected chi connectivity index (χ4v) is 2.88. The molecule has 0 bridgehead atoms. The zero-order valence-corrected chi connectivity index (χ0v) is 11.6. The smallest absolute Gasteiger partial charge is 0.243 e. The summed E-state index contributed by atoms with van der Waals surface area (Å²) in [6.07, 6.45) is 3.34. The van der Waals surface area contributed by atoms with Crippen molar-refractivity contribution in [3.05, 3.63) is 47.5 Å². The Bertz CT molecular complexity index is 718. The highest BCUT2D eigenvalue weighted by atomic mass is 32.2. The minimum Gasteiger partial charge on any atom is -0.391 e. The summed E-state index contributed by atoms with van der Waals surface area (Å²) in [7, 11) is -4.13. The molecule has 0 fully saturated rings. The van der Waals surface area contributed by atoms with Crippen LogP contribution < -0.4 is 4.72 Å². The van der Waals surface area contributed by atoms with Gasteiger partial charge in [0.1, 0.15) is 10.7 Å². The molecule has 0 aliphatic carbocycles. The normalized spacial score (nSPS) is 11.8. The maximum absolute atomic E-state index is 13.9. The van der Waals surface area contributed by atoms with Crippen LogP contribution in [-0.4, -0.2) is 30.0 Å². The van der Waals surface area contributed by atoms with Crippen molar-refractivity contribution in [2.75, 3.05) is 6.54 Å². The van der Waals surface area contributed by atoms with Gasteiger partial charge in [0.2, 0.25) is 10.0 Å². The average Bonchev–Trinajstić information content (AvgIpc) is 2.92. The molecule has 0 saturated heterocycles. The van der Waals surface area contributed by atoms with Crippen LogP contribution in [0, 0.1) is 11.6 Å². The van der Waals surface area contributed by atoms with Crippen LogP contribution in [0.2, 0.25) is 0 Å². The molecule has 1 aromatic heterocycles. The fourth-order valence-electron chi connectivity index (χ4n) is 1.75. The molecule has 2 aromatic rings. The summed E-state index contributed by atoms with van der Waals surface area (Å²) in [4.78, 5) is 5.88. The van der Waals surface area contributed by atoms with Crippen molar-refractivity contribution in [1.29, 1.82) is 0 Å². The SMILES string of the molecule is O=S(=O)(NCCc1cnc[nH]1)c1ccc(F)c(CO)c1F. The van der Waals surface area contributed by atoms with E-state index in [2.05, 4.69) is 14.7 Å². The number of nitrogens with one attached hydrogen (secondary N) is 2. The van der Waals surface area contributed by atoms with Gasteiger partial charge >= 0.3 is 0 Å². The van der Waals surface area contributed by atoms with Crippen LogP contribution in [0.5, 0.6) is 0 Å². The maximum Gasteiger partial charge on any atom is 0.243 e. The highest BCUT2D eigenvalue weighted by Crippen LogP contribution is 2.20. The Balaban J connectivity index is 2.16. The summed E-state index contributed by atoms with van der Waals surface area (Å²) in [6.45, 7) is -0.898. The van der Waals surface area contributed by atoms with Crippen LogP contribution in [0.25, 0.3) is 0 Å². The number of aliphatic hydroxyl groups is 1. The highest BCUT2D eigenvalue weighted by Gasteiger charge is 2.22. The number of nitrogens with zero attached hydrogens (tertiary/aromatic N) is 1. The van der Waals surface area contributed by atoms with Gasteiger partial charge in [0.25, 0.3) is 0 Å². The second-order valence-corrected chi connectivity index (χ2v) is 5.96. The lowest BCUT2D eigenvalue weighted by molar-refractivity contribution is 0.267. The number of sulfonamides is 1. The van der Waals surface area contributed by atoms with Gasteiger partial charge in [0.05, 0.1) is 18.5 Å². The number of rotatable bonds is 6. The van der Waals surface area contributed by atoms with Crippen molar-refractivity contribution < 1.29 is 22.3 Å². The number of hydrogen-bond donors (Lipinski definition) is 3. The van der Waals surface area contributed by atoms with Gasteiger partial charge in [-0.05, 0) is 12.1 Å². The van der Waals surface area contributed by atoms with Crippen LogP contribution in [0.3, 0.4) is 0 Å². The van der Waals surface area contributed by atoms with Crippen LogP contribution in [-0.2, 0) is 23.1 Å². The van der Waals surface area contributed by atoms with E-state index in [9.17, 15) is 17.2 Å². The second-order valence-electron chi connectivity index (χ2n) is 4.22. The summed E-state index contributed by atoms with van der Waals surface area (Å²) in [6, 6.07) is 1.63. The molecule has 0 saturated carbocycles. The third-order valence-electron chi connectivity index (χ3n) is 2.84. The largest absolute Gasteiger partial charge is 0.391 e. The maximum atomic E-state index is 13.9. The standard InChI is InChI=1S/C12H13F2N3O3S/c13-10-1-2-11(12(14)9(10)6-18)21(19,20)17-4-3-8-5-15-7-16-8/h1-2,5,7,17-18H,3-4,6H2,(H,15,16). The molecule has 0 aliphatic rings. The number of benzene rings is 1. The van der Waals surface area contributed by atoms with Gasteiger partial charge in [-0.25, -0.2) is 26.9 Å². The number of aromatic nitrogens is 2. The van der Waals surface area contributed by atoms with E-state index >= 15 is 0 Å². The van der Waals surface area contributed by atoms with E-state index in [4.69, 9.17) is 5.11 Å². The molecule has 0 aliphatic heterocycles. The van der Waals surface area contributed by atoms with Gasteiger partial charge in [-0.15, -0.1) is 0 Å². The fraction of sp³-hybridized carbons (Fsp3) is 0.250. The van der Waals surface area contributed by atoms with Crippen LogP contribution in [0.15, 0.2) is 29.6 Å². The first-order valence-corrected chi connectivity index (χ1v) is 7.48. The Labute approximate surface area is 119 Å². The van der Waals surface area contributed by atoms with E-state index in [0.29, 0.717) is 12.1 Å². The van der Waals surface area contributed by atoms with E-state index in [0.717, 1.165) is 12.1 Å². The van der Waals surface area contributed by atoms with Crippen molar-refractivity contribution in [3.63, 3.8) is 0 Å². The lowest BCUT2D eigenvalue weighted by atomic mass is 10.2. The summed E-state index contributed by atoms with van der Waals surface area (Å²) < 4.78 is 53.3. The molecule has 9 heteroatoms. The first-order chi connectivity index (χ1) is 9.95. The third kappa shape index (κ3) is 3.43. The minimum atomic E-state index is -4.13. The summed E-state index contributed by atoms with van der Waals surface area (Å²) in [5.74, 6) is -2.28. The summed E-state index contributed by atoms with van der Waals surface area (Å²) in [5, 5.41) is 8.88. The monoisotopic (exact) mass is 317 g/mol. The highest BCUT2D eigenvalue weighted by molar-refractivity contribution is 7.89. The van der Waals surface area contributed by atoms with Gasteiger partial charge < -0.3 is 10.1 Å². The Morgan fingerprint density at radius 3 is 2.71 bits per heavy atom. The molecule has 21 heavy (non-hydrogen) atoms. The average molecular weight is 317 g/mol. The third-order valence-corrected chi connectivity index (χ3v) is 4.32. The van der Waals surface area contributed by atoms with E-state index in [1.165, 1.54) is 12.5 Å². The molecule has 0 amide bonds. The van der Waals surface area contributed by atoms with Crippen molar-refractivity contribution in [2.45, 2.75) is 17.9 Å². The number of H-pyrrole nitrogens is 1. The van der Waals surface area contributed by atoms with Crippen molar-refractivity contribution in [1.82, 2.24) is 14.7 Å². The molecule has 3 N–H and O–H groups in total. The molecule has 1 heterocycles. The van der Waals surface area contributed by atoms with E-state index in [1.807, 2.05) is 0 Å². The molecule has 114 valence electrons. The molecular formula is C12H13F2N3O3S. The van der Waals surface area contributed by atoms with Crippen LogP contribution in [0.1, 0.15) is 11.3 Å². The topological polar surface area (TPSA) is 95.1 Å². The number of hydrogen-bond acceptors (Lipinski definition) is 4. The molecule has 1 aromatic carbocycles. The van der Waals surface area contributed by atoms with E-state index in [1.54, 1.807) is 0 Å². The van der Waals surface area contributed by atoms with Crippen molar-refractivity contribution in [3.8, 4) is 0 Å². The summed E-state index contributed by atoms with van der Waals surface area (Å²) >= 11 is 0. The Kier molecular flexibility index (Phi) is 4.66. The van der Waals surface area contributed by atoms with Crippen LogP contribution in [0.4, 0.5) is 8.78 Å². The predicted molar refractivity (Wildman–Crippen MR) is 69.8 cm³/mol. The van der Waals surface area contributed by atoms with Gasteiger partial charge in [-0.3, -0.25) is 0 Å². The zero-order valence-electron chi connectivity index (χ0n) is 10.8. The minimum absolute atomic E-state index is 0.0236. The number of imidazole rings is 1. The van der Waals surface area contributed by atoms with Gasteiger partial charge in [-0.1, -0.05) is 0 Å². The molecule has 0 radical (unpaired) electrons. The molecule has 0 atom stereocenters. The Hall–Kier alpha value is -1.84. The second kappa shape index (κ2) is 6.29. The lowest BCUT2D eigenvalue weighted by Crippen LogP contribution is -2.27. The Morgan fingerprint density at radius 1 is 1.33 bits per heavy atom. The molecule has 2 rings (SSSR count). The Morgan fingerprint density at radius 2 is 2.10 bits per heavy atom. The lowest BCUT2D eigenvalue weighted by Gasteiger charge is -2.10. The first kappa shape index (κ1) is 15.5. The number of halogens is 2.